The largest absolute Gasteiger partial charge is 0.449 e. The first kappa shape index (κ1) is 22.7. The third-order valence-electron chi connectivity index (χ3n) is 4.83. The monoisotopic (exact) mass is 465 g/mol. The van der Waals surface area contributed by atoms with Crippen LogP contribution in [0.1, 0.15) is 31.1 Å². The molecular formula is C20H20ClN3O6S. The number of carbonyl (C=O) groups excluding carboxylic acids is 3. The predicted molar refractivity (Wildman–Crippen MR) is 114 cm³/mol. The molecule has 0 spiro atoms. The van der Waals surface area contributed by atoms with Crippen LogP contribution in [0.4, 0.5) is 11.4 Å². The van der Waals surface area contributed by atoms with Gasteiger partial charge in [0.05, 0.1) is 22.0 Å². The molecule has 0 saturated carbocycles. The number of carbonyl (C=O) groups is 3. The lowest BCUT2D eigenvalue weighted by molar-refractivity contribution is -0.131. The van der Waals surface area contributed by atoms with Gasteiger partial charge >= 0.3 is 5.97 Å². The van der Waals surface area contributed by atoms with Gasteiger partial charge in [-0.15, -0.1) is 0 Å². The molecule has 1 heterocycles. The molecule has 1 atom stereocenters. The average Bonchev–Trinajstić information content (AvgIpc) is 2.67. The molecule has 9 nitrogen and oxygen atoms in total. The van der Waals surface area contributed by atoms with Gasteiger partial charge in [0.25, 0.3) is 5.91 Å². The fourth-order valence-corrected chi connectivity index (χ4v) is 4.23. The summed E-state index contributed by atoms with van der Waals surface area (Å²) in [5.74, 6) is -1.97. The standard InChI is InChI=1S/C20H20ClN3O6S/c1-11(30-18(26)12-8-9-13(21)16(10-12)31(22,28)29)17(25)24-15-7-5-4-6-14(15)23-19(27)20(24,2)3/h4-11H,1-3H3,(H,23,27)(H2,22,28,29). The van der Waals surface area contributed by atoms with Crippen LogP contribution in [0.3, 0.4) is 0 Å². The highest BCUT2D eigenvalue weighted by molar-refractivity contribution is 7.89. The summed E-state index contributed by atoms with van der Waals surface area (Å²) in [6, 6.07) is 10.2. The Morgan fingerprint density at radius 2 is 1.84 bits per heavy atom. The summed E-state index contributed by atoms with van der Waals surface area (Å²) >= 11 is 5.83. The van der Waals surface area contributed by atoms with Crippen molar-refractivity contribution in [2.75, 3.05) is 10.2 Å². The van der Waals surface area contributed by atoms with Gasteiger partial charge in [-0.05, 0) is 51.1 Å². The molecule has 2 amide bonds. The number of sulfonamides is 1. The zero-order valence-corrected chi connectivity index (χ0v) is 18.5. The number of anilines is 2. The Balaban J connectivity index is 1.89. The van der Waals surface area contributed by atoms with Crippen molar-refractivity contribution in [2.24, 2.45) is 5.14 Å². The molecule has 1 aliphatic rings. The third kappa shape index (κ3) is 4.27. The van der Waals surface area contributed by atoms with Crippen molar-refractivity contribution < 1.29 is 27.5 Å². The molecule has 3 rings (SSSR count). The van der Waals surface area contributed by atoms with Gasteiger partial charge in [0, 0.05) is 0 Å². The van der Waals surface area contributed by atoms with Crippen molar-refractivity contribution in [3.63, 3.8) is 0 Å². The van der Waals surface area contributed by atoms with Crippen molar-refractivity contribution >= 4 is 50.8 Å². The van der Waals surface area contributed by atoms with E-state index in [-0.39, 0.29) is 10.6 Å². The Morgan fingerprint density at radius 3 is 2.48 bits per heavy atom. The van der Waals surface area contributed by atoms with Crippen LogP contribution in [-0.4, -0.2) is 37.8 Å². The Morgan fingerprint density at radius 1 is 1.19 bits per heavy atom. The van der Waals surface area contributed by atoms with Crippen LogP contribution in [0.15, 0.2) is 47.4 Å². The molecule has 2 aromatic carbocycles. The summed E-state index contributed by atoms with van der Waals surface area (Å²) in [6.07, 6.45) is -1.28. The fraction of sp³-hybridized carbons (Fsp3) is 0.250. The summed E-state index contributed by atoms with van der Waals surface area (Å²) in [6.45, 7) is 4.51. The van der Waals surface area contributed by atoms with Gasteiger partial charge in [0.15, 0.2) is 6.10 Å². The van der Waals surface area contributed by atoms with Crippen LogP contribution >= 0.6 is 11.6 Å². The quantitative estimate of drug-likeness (QED) is 0.665. The summed E-state index contributed by atoms with van der Waals surface area (Å²) < 4.78 is 28.5. The molecule has 31 heavy (non-hydrogen) atoms. The topological polar surface area (TPSA) is 136 Å². The van der Waals surface area contributed by atoms with Gasteiger partial charge in [-0.3, -0.25) is 14.5 Å². The van der Waals surface area contributed by atoms with E-state index in [2.05, 4.69) is 5.32 Å². The van der Waals surface area contributed by atoms with E-state index in [4.69, 9.17) is 21.5 Å². The van der Waals surface area contributed by atoms with Gasteiger partial charge in [0.2, 0.25) is 15.9 Å². The second kappa shape index (κ2) is 7.95. The van der Waals surface area contributed by atoms with E-state index < -0.39 is 44.3 Å². The highest BCUT2D eigenvalue weighted by Gasteiger charge is 2.45. The first-order chi connectivity index (χ1) is 14.3. The predicted octanol–water partition coefficient (Wildman–Crippen LogP) is 2.30. The number of hydrogen-bond donors (Lipinski definition) is 2. The molecule has 0 saturated heterocycles. The van der Waals surface area contributed by atoms with E-state index in [0.717, 1.165) is 6.07 Å². The number of amides is 2. The van der Waals surface area contributed by atoms with Crippen LogP contribution in [-0.2, 0) is 24.3 Å². The maximum Gasteiger partial charge on any atom is 0.338 e. The molecule has 1 aliphatic heterocycles. The summed E-state index contributed by atoms with van der Waals surface area (Å²) in [5, 5.41) is 7.69. The Bertz CT molecular complexity index is 1200. The number of primary sulfonamides is 1. The third-order valence-corrected chi connectivity index (χ3v) is 6.23. The number of esters is 1. The highest BCUT2D eigenvalue weighted by atomic mass is 35.5. The second-order valence-corrected chi connectivity index (χ2v) is 9.38. The molecule has 1 unspecified atom stereocenters. The molecule has 0 bridgehead atoms. The lowest BCUT2D eigenvalue weighted by atomic mass is 9.95. The van der Waals surface area contributed by atoms with Crippen molar-refractivity contribution in [2.45, 2.75) is 37.3 Å². The van der Waals surface area contributed by atoms with Gasteiger partial charge in [-0.1, -0.05) is 23.7 Å². The number of para-hydroxylation sites is 2. The number of halogens is 1. The molecule has 0 radical (unpaired) electrons. The number of hydrogen-bond acceptors (Lipinski definition) is 6. The fourth-order valence-electron chi connectivity index (χ4n) is 3.16. The second-order valence-electron chi connectivity index (χ2n) is 7.44. The molecule has 11 heteroatoms. The van der Waals surface area contributed by atoms with Crippen LogP contribution in [0.25, 0.3) is 0 Å². The highest BCUT2D eigenvalue weighted by Crippen LogP contribution is 2.37. The van der Waals surface area contributed by atoms with E-state index >= 15 is 0 Å². The summed E-state index contributed by atoms with van der Waals surface area (Å²) in [7, 11) is -4.17. The van der Waals surface area contributed by atoms with E-state index in [0.29, 0.717) is 11.4 Å². The number of nitrogens with zero attached hydrogens (tertiary/aromatic N) is 1. The Hall–Kier alpha value is -2.95. The maximum atomic E-state index is 13.2. The number of nitrogens with one attached hydrogen (secondary N) is 1. The van der Waals surface area contributed by atoms with Crippen molar-refractivity contribution in [3.8, 4) is 0 Å². The molecule has 0 aromatic heterocycles. The van der Waals surface area contributed by atoms with E-state index in [1.165, 1.54) is 24.0 Å². The van der Waals surface area contributed by atoms with Crippen molar-refractivity contribution in [1.82, 2.24) is 0 Å². The SMILES string of the molecule is CC(OC(=O)c1ccc(Cl)c(S(N)(=O)=O)c1)C(=O)N1c2ccccc2NC(=O)C1(C)C. The minimum absolute atomic E-state index is 0.149. The zero-order valence-electron chi connectivity index (χ0n) is 16.9. The molecule has 2 aromatic rings. The molecular weight excluding hydrogens is 446 g/mol. The lowest BCUT2D eigenvalue weighted by Gasteiger charge is -2.42. The number of rotatable bonds is 4. The first-order valence-corrected chi connectivity index (χ1v) is 11.0. The van der Waals surface area contributed by atoms with Gasteiger partial charge in [0.1, 0.15) is 10.4 Å². The summed E-state index contributed by atoms with van der Waals surface area (Å²) in [5.41, 5.74) is -0.478. The molecule has 3 N–H and O–H groups in total. The van der Waals surface area contributed by atoms with E-state index in [1.807, 2.05) is 0 Å². The van der Waals surface area contributed by atoms with Gasteiger partial charge in [-0.2, -0.15) is 0 Å². The van der Waals surface area contributed by atoms with Crippen molar-refractivity contribution in [1.29, 1.82) is 0 Å². The molecule has 0 aliphatic carbocycles. The smallest absolute Gasteiger partial charge is 0.338 e. The molecule has 164 valence electrons. The van der Waals surface area contributed by atoms with E-state index in [1.54, 1.807) is 38.1 Å². The number of fused-ring (bicyclic) bond motifs is 1. The Labute approximate surface area is 184 Å². The van der Waals surface area contributed by atoms with E-state index in [9.17, 15) is 22.8 Å². The van der Waals surface area contributed by atoms with Crippen molar-refractivity contribution in [3.05, 3.63) is 53.1 Å². The van der Waals surface area contributed by atoms with Crippen LogP contribution in [0.2, 0.25) is 5.02 Å². The average molecular weight is 466 g/mol. The number of ether oxygens (including phenoxy) is 1. The first-order valence-electron chi connectivity index (χ1n) is 9.12. The number of benzene rings is 2. The number of nitrogens with two attached hydrogens (primary N) is 1. The maximum absolute atomic E-state index is 13.2. The normalized spacial score (nSPS) is 16.2. The molecule has 0 fully saturated rings. The lowest BCUT2D eigenvalue weighted by Crippen LogP contribution is -2.60. The minimum Gasteiger partial charge on any atom is -0.449 e. The minimum atomic E-state index is -4.17. The van der Waals surface area contributed by atoms with Gasteiger partial charge in [-0.25, -0.2) is 18.4 Å². The van der Waals surface area contributed by atoms with Crippen LogP contribution in [0.5, 0.6) is 0 Å². The zero-order chi connectivity index (χ0) is 23.1. The Kier molecular flexibility index (Phi) is 5.83. The van der Waals surface area contributed by atoms with Crippen LogP contribution < -0.4 is 15.4 Å². The van der Waals surface area contributed by atoms with Gasteiger partial charge < -0.3 is 10.1 Å². The van der Waals surface area contributed by atoms with Crippen LogP contribution in [0, 0.1) is 0 Å². The summed E-state index contributed by atoms with van der Waals surface area (Å²) in [4.78, 5) is 39.1.